The predicted octanol–water partition coefficient (Wildman–Crippen LogP) is 3.93. The van der Waals surface area contributed by atoms with Crippen molar-refractivity contribution in [3.63, 3.8) is 0 Å². The Morgan fingerprint density at radius 2 is 1.37 bits per heavy atom. The van der Waals surface area contributed by atoms with E-state index in [2.05, 4.69) is 6.92 Å². The molecule has 0 aromatic carbocycles. The van der Waals surface area contributed by atoms with Crippen LogP contribution in [0.3, 0.4) is 0 Å². The van der Waals surface area contributed by atoms with Gasteiger partial charge in [-0.25, -0.2) is 0 Å². The highest BCUT2D eigenvalue weighted by Crippen LogP contribution is 2.27. The van der Waals surface area contributed by atoms with Crippen molar-refractivity contribution in [1.82, 2.24) is 4.90 Å². The fourth-order valence-electron chi connectivity index (χ4n) is 4.02. The first-order valence-corrected chi connectivity index (χ1v) is 11.5. The average molecular weight is 430 g/mol. The van der Waals surface area contributed by atoms with E-state index in [-0.39, 0.29) is 37.4 Å². The molecule has 1 rings (SSSR count). The van der Waals surface area contributed by atoms with Crippen LogP contribution in [0.25, 0.3) is 0 Å². The van der Waals surface area contributed by atoms with Gasteiger partial charge in [0.15, 0.2) is 0 Å². The van der Waals surface area contributed by atoms with Crippen LogP contribution in [0.5, 0.6) is 0 Å². The van der Waals surface area contributed by atoms with Crippen molar-refractivity contribution in [3.05, 3.63) is 0 Å². The van der Waals surface area contributed by atoms with Gasteiger partial charge in [0.25, 0.3) is 0 Å². The van der Waals surface area contributed by atoms with Crippen molar-refractivity contribution in [2.45, 2.75) is 90.1 Å². The lowest BCUT2D eigenvalue weighted by Crippen LogP contribution is -2.48. The normalized spacial score (nSPS) is 19.9. The molecule has 1 heterocycles. The number of unbranched alkanes of at least 4 members (excludes halogenated alkanes) is 6. The first-order valence-electron chi connectivity index (χ1n) is 11.5. The van der Waals surface area contributed by atoms with E-state index in [9.17, 15) is 9.59 Å². The minimum absolute atomic E-state index is 0.0357. The van der Waals surface area contributed by atoms with Gasteiger partial charge in [-0.15, -0.1) is 0 Å². The third-order valence-corrected chi connectivity index (χ3v) is 5.78. The molecular weight excluding hydrogens is 386 g/mol. The Balaban J connectivity index is 2.55. The molecule has 7 nitrogen and oxygen atoms in total. The Labute approximate surface area is 182 Å². The zero-order valence-electron chi connectivity index (χ0n) is 19.5. The lowest BCUT2D eigenvalue weighted by molar-refractivity contribution is -0.147. The van der Waals surface area contributed by atoms with Crippen LogP contribution in [-0.4, -0.2) is 69.7 Å². The number of ketones is 1. The minimum Gasteiger partial charge on any atom is -0.359 e. The summed E-state index contributed by atoms with van der Waals surface area (Å²) < 4.78 is 20.9. The molecule has 1 aliphatic rings. The molecule has 30 heavy (non-hydrogen) atoms. The first kappa shape index (κ1) is 27.0. The molecule has 0 spiro atoms. The van der Waals surface area contributed by atoms with E-state index in [4.69, 9.17) is 18.9 Å². The number of carbonyl (C=O) groups is 2. The van der Waals surface area contributed by atoms with Crippen molar-refractivity contribution in [2.75, 3.05) is 41.0 Å². The number of likely N-dealkylation sites (tertiary alicyclic amines) is 1. The fourth-order valence-corrected chi connectivity index (χ4v) is 4.02. The van der Waals surface area contributed by atoms with Crippen LogP contribution in [0.1, 0.15) is 78.1 Å². The smallest absolute Gasteiger partial charge is 0.233 e. The molecule has 0 aromatic rings. The van der Waals surface area contributed by atoms with Gasteiger partial charge in [-0.3, -0.25) is 9.59 Å². The van der Waals surface area contributed by atoms with Crippen LogP contribution in [-0.2, 0) is 28.5 Å². The number of methoxy groups -OCH3 is 2. The summed E-state index contributed by atoms with van der Waals surface area (Å²) in [6, 6.07) is -0.116. The maximum atomic E-state index is 13.2. The summed E-state index contributed by atoms with van der Waals surface area (Å²) in [5.41, 5.74) is 0. The second-order valence-electron chi connectivity index (χ2n) is 8.24. The van der Waals surface area contributed by atoms with Crippen molar-refractivity contribution >= 4 is 11.7 Å². The number of amides is 1. The number of ether oxygens (including phenoxy) is 4. The highest BCUT2D eigenvalue weighted by Gasteiger charge is 2.40. The van der Waals surface area contributed by atoms with Gasteiger partial charge in [0.2, 0.25) is 5.91 Å². The van der Waals surface area contributed by atoms with Gasteiger partial charge in [-0.05, 0) is 26.2 Å². The lowest BCUT2D eigenvalue weighted by atomic mass is 9.98. The molecule has 0 radical (unpaired) electrons. The van der Waals surface area contributed by atoms with E-state index < -0.39 is 5.92 Å². The molecule has 0 unspecified atom stereocenters. The summed E-state index contributed by atoms with van der Waals surface area (Å²) in [5.74, 6) is -0.705. The van der Waals surface area contributed by atoms with Gasteiger partial charge in [-0.1, -0.05) is 45.4 Å². The van der Waals surface area contributed by atoms with Crippen LogP contribution < -0.4 is 0 Å². The van der Waals surface area contributed by atoms with Crippen LogP contribution in [0, 0.1) is 5.92 Å². The average Bonchev–Trinajstić information content (AvgIpc) is 3.14. The van der Waals surface area contributed by atoms with E-state index in [1.807, 2.05) is 4.90 Å². The van der Waals surface area contributed by atoms with Gasteiger partial charge in [0, 0.05) is 20.6 Å². The van der Waals surface area contributed by atoms with E-state index in [1.165, 1.54) is 32.1 Å². The Kier molecular flexibility index (Phi) is 15.0. The summed E-state index contributed by atoms with van der Waals surface area (Å²) in [5, 5.41) is 0. The largest absolute Gasteiger partial charge is 0.359 e. The number of Topliss-reactive ketones (excluding diaryl/α,β-unsaturated/α-hetero) is 1. The monoisotopic (exact) mass is 429 g/mol. The summed E-state index contributed by atoms with van der Waals surface area (Å²) in [7, 11) is 3.15. The zero-order valence-corrected chi connectivity index (χ0v) is 19.5. The van der Waals surface area contributed by atoms with Gasteiger partial charge >= 0.3 is 0 Å². The third kappa shape index (κ3) is 9.86. The molecular formula is C23H43NO6. The maximum Gasteiger partial charge on any atom is 0.233 e. The second-order valence-corrected chi connectivity index (χ2v) is 8.24. The van der Waals surface area contributed by atoms with E-state index in [0.717, 1.165) is 25.7 Å². The van der Waals surface area contributed by atoms with Crippen molar-refractivity contribution in [3.8, 4) is 0 Å². The van der Waals surface area contributed by atoms with Gasteiger partial charge in [-0.2, -0.15) is 0 Å². The molecule has 3 atom stereocenters. The summed E-state index contributed by atoms with van der Waals surface area (Å²) in [4.78, 5) is 27.7. The molecule has 1 saturated heterocycles. The van der Waals surface area contributed by atoms with Crippen molar-refractivity contribution in [1.29, 1.82) is 0 Å². The van der Waals surface area contributed by atoms with Gasteiger partial charge in [0.05, 0.1) is 31.2 Å². The topological polar surface area (TPSA) is 74.3 Å². The minimum atomic E-state index is -0.627. The lowest BCUT2D eigenvalue weighted by Gasteiger charge is -2.32. The fraction of sp³-hybridized carbons (Fsp3) is 0.913. The standard InChI is InChI=1S/C23H43NO6/c1-5-6-7-8-9-10-11-12-22(25)19(2)23(26)24-20(15-29-17-27-3)13-14-21(24)16-30-18-28-4/h19-21H,5-18H2,1-4H3/t19-,20+,21+/m1/s1. The summed E-state index contributed by atoms with van der Waals surface area (Å²) in [6.45, 7) is 5.13. The second kappa shape index (κ2) is 16.6. The molecule has 0 aliphatic carbocycles. The molecule has 0 saturated carbocycles. The first-order chi connectivity index (χ1) is 14.6. The molecule has 1 fully saturated rings. The van der Waals surface area contributed by atoms with Gasteiger partial charge in [0.1, 0.15) is 19.4 Å². The molecule has 0 aromatic heterocycles. The number of hydrogen-bond donors (Lipinski definition) is 0. The Morgan fingerprint density at radius 3 is 1.87 bits per heavy atom. The van der Waals surface area contributed by atoms with Crippen LogP contribution in [0.2, 0.25) is 0 Å². The van der Waals surface area contributed by atoms with E-state index in [1.54, 1.807) is 21.1 Å². The predicted molar refractivity (Wildman–Crippen MR) is 116 cm³/mol. The molecule has 1 aliphatic heterocycles. The van der Waals surface area contributed by atoms with Crippen molar-refractivity contribution < 1.29 is 28.5 Å². The van der Waals surface area contributed by atoms with Crippen LogP contribution in [0.4, 0.5) is 0 Å². The molecule has 0 N–H and O–H groups in total. The van der Waals surface area contributed by atoms with Crippen LogP contribution >= 0.6 is 0 Å². The summed E-state index contributed by atoms with van der Waals surface area (Å²) in [6.07, 6.45) is 10.2. The molecule has 7 heteroatoms. The van der Waals surface area contributed by atoms with Crippen LogP contribution in [0.15, 0.2) is 0 Å². The van der Waals surface area contributed by atoms with E-state index >= 15 is 0 Å². The molecule has 1 amide bonds. The SMILES string of the molecule is CCCCCCCCCC(=O)[C@@H](C)C(=O)N1[C@H](COCOC)CC[C@H]1COCOC. The van der Waals surface area contributed by atoms with Crippen molar-refractivity contribution in [2.24, 2.45) is 5.92 Å². The maximum absolute atomic E-state index is 13.2. The highest BCUT2D eigenvalue weighted by molar-refractivity contribution is 6.01. The quantitative estimate of drug-likeness (QED) is 0.187. The third-order valence-electron chi connectivity index (χ3n) is 5.78. The molecule has 0 bridgehead atoms. The van der Waals surface area contributed by atoms with Gasteiger partial charge < -0.3 is 23.8 Å². The Hall–Kier alpha value is -1.02. The number of nitrogens with zero attached hydrogens (tertiary/aromatic N) is 1. The Morgan fingerprint density at radius 1 is 0.867 bits per heavy atom. The Bertz CT molecular complexity index is 455. The van der Waals surface area contributed by atoms with E-state index in [0.29, 0.717) is 19.6 Å². The number of rotatable bonds is 18. The zero-order chi connectivity index (χ0) is 22.2. The number of carbonyl (C=O) groups excluding carboxylic acids is 2. The highest BCUT2D eigenvalue weighted by atomic mass is 16.7. The summed E-state index contributed by atoms with van der Waals surface area (Å²) >= 11 is 0. The molecule has 176 valence electrons. The number of hydrogen-bond acceptors (Lipinski definition) is 6.